The molecule has 0 saturated carbocycles. The van der Waals surface area contributed by atoms with Gasteiger partial charge in [-0.25, -0.2) is 0 Å². The maximum Gasteiger partial charge on any atom is 0.280 e. The molecule has 0 saturated heterocycles. The number of rotatable bonds is 5. The van der Waals surface area contributed by atoms with Crippen molar-refractivity contribution in [2.45, 2.75) is 6.54 Å². The summed E-state index contributed by atoms with van der Waals surface area (Å²) in [6.07, 6.45) is 0.508. The molecule has 0 N–H and O–H groups in total. The number of nitro benzene ring substituents is 1. The first-order chi connectivity index (χ1) is 10.0. The molecule has 2 aromatic carbocycles. The van der Waals surface area contributed by atoms with Crippen LogP contribution in [0.2, 0.25) is 0 Å². The first-order valence-corrected chi connectivity index (χ1v) is 7.00. The van der Waals surface area contributed by atoms with Crippen LogP contribution in [0, 0.1) is 10.1 Å². The van der Waals surface area contributed by atoms with E-state index in [1.165, 1.54) is 12.1 Å². The molecule has 0 aliphatic carbocycles. The minimum atomic E-state index is -0.554. The molecule has 0 heterocycles. The van der Waals surface area contributed by atoms with E-state index in [-0.39, 0.29) is 11.3 Å². The van der Waals surface area contributed by atoms with Crippen LogP contribution >= 0.6 is 15.9 Å². The molecule has 0 aliphatic rings. The molecular formula is C15H13BrN2O3. The van der Waals surface area contributed by atoms with Gasteiger partial charge in [0.15, 0.2) is 6.29 Å². The van der Waals surface area contributed by atoms with Gasteiger partial charge in [-0.3, -0.25) is 14.9 Å². The molecule has 0 atom stereocenters. The number of benzene rings is 2. The fourth-order valence-corrected chi connectivity index (χ4v) is 2.42. The maximum atomic E-state index is 11.0. The Balaban J connectivity index is 2.28. The molecule has 0 radical (unpaired) electrons. The van der Waals surface area contributed by atoms with Crippen LogP contribution in [0.5, 0.6) is 0 Å². The Morgan fingerprint density at radius 3 is 2.62 bits per heavy atom. The van der Waals surface area contributed by atoms with Gasteiger partial charge in [0.2, 0.25) is 0 Å². The van der Waals surface area contributed by atoms with Gasteiger partial charge >= 0.3 is 0 Å². The summed E-state index contributed by atoms with van der Waals surface area (Å²) >= 11 is 3.48. The van der Waals surface area contributed by atoms with Crippen molar-refractivity contribution in [1.29, 1.82) is 0 Å². The third kappa shape index (κ3) is 3.46. The lowest BCUT2D eigenvalue weighted by atomic mass is 10.1. The van der Waals surface area contributed by atoms with Crippen LogP contribution in [0.4, 0.5) is 11.4 Å². The number of hydrogen-bond donors (Lipinski definition) is 0. The van der Waals surface area contributed by atoms with Crippen molar-refractivity contribution in [3.8, 4) is 0 Å². The van der Waals surface area contributed by atoms with Crippen molar-refractivity contribution >= 4 is 33.6 Å². The van der Waals surface area contributed by atoms with Gasteiger partial charge in [-0.2, -0.15) is 0 Å². The lowest BCUT2D eigenvalue weighted by Gasteiger charge is -2.20. The van der Waals surface area contributed by atoms with Gasteiger partial charge in [-0.1, -0.05) is 34.1 Å². The van der Waals surface area contributed by atoms with Crippen molar-refractivity contribution in [3.05, 3.63) is 68.2 Å². The molecule has 0 aliphatic heterocycles. The predicted molar refractivity (Wildman–Crippen MR) is 84.7 cm³/mol. The van der Waals surface area contributed by atoms with E-state index in [1.54, 1.807) is 6.07 Å². The summed E-state index contributed by atoms with van der Waals surface area (Å²) in [6, 6.07) is 12.4. The van der Waals surface area contributed by atoms with Gasteiger partial charge in [0.05, 0.1) is 10.5 Å². The fourth-order valence-electron chi connectivity index (χ4n) is 2.01. The lowest BCUT2D eigenvalue weighted by Crippen LogP contribution is -2.17. The first kappa shape index (κ1) is 15.2. The topological polar surface area (TPSA) is 63.4 Å². The zero-order valence-corrected chi connectivity index (χ0v) is 12.9. The number of hydrogen-bond acceptors (Lipinski definition) is 4. The van der Waals surface area contributed by atoms with Gasteiger partial charge in [0.25, 0.3) is 5.69 Å². The van der Waals surface area contributed by atoms with E-state index in [2.05, 4.69) is 15.9 Å². The van der Waals surface area contributed by atoms with Gasteiger partial charge in [0, 0.05) is 29.8 Å². The van der Waals surface area contributed by atoms with Gasteiger partial charge < -0.3 is 4.90 Å². The highest BCUT2D eigenvalue weighted by molar-refractivity contribution is 9.10. The quantitative estimate of drug-likeness (QED) is 0.468. The average molecular weight is 349 g/mol. The standard InChI is InChI=1S/C15H13BrN2O3/c1-17(9-11-4-2-3-5-14(11)16)13-6-7-15(18(20)21)12(8-13)10-19/h2-8,10H,9H2,1H3. The zero-order valence-electron chi connectivity index (χ0n) is 11.3. The van der Waals surface area contributed by atoms with E-state index in [0.717, 1.165) is 15.7 Å². The van der Waals surface area contributed by atoms with Crippen molar-refractivity contribution in [1.82, 2.24) is 0 Å². The SMILES string of the molecule is CN(Cc1ccccc1Br)c1ccc([N+](=O)[O-])c(C=O)c1. The van der Waals surface area contributed by atoms with Gasteiger partial charge in [-0.05, 0) is 23.8 Å². The van der Waals surface area contributed by atoms with Crippen LogP contribution < -0.4 is 4.90 Å². The van der Waals surface area contributed by atoms with Gasteiger partial charge in [-0.15, -0.1) is 0 Å². The van der Waals surface area contributed by atoms with Crippen LogP contribution in [0.3, 0.4) is 0 Å². The highest BCUT2D eigenvalue weighted by atomic mass is 79.9. The normalized spacial score (nSPS) is 10.2. The monoisotopic (exact) mass is 348 g/mol. The molecule has 0 unspecified atom stereocenters. The number of carbonyl (C=O) groups is 1. The Bertz CT molecular complexity index is 688. The second-order valence-electron chi connectivity index (χ2n) is 4.57. The lowest BCUT2D eigenvalue weighted by molar-refractivity contribution is -0.385. The number of anilines is 1. The number of nitrogens with zero attached hydrogens (tertiary/aromatic N) is 2. The second kappa shape index (κ2) is 6.49. The van der Waals surface area contributed by atoms with Crippen LogP contribution in [-0.4, -0.2) is 18.3 Å². The zero-order chi connectivity index (χ0) is 15.4. The Morgan fingerprint density at radius 2 is 2.00 bits per heavy atom. The summed E-state index contributed by atoms with van der Waals surface area (Å²) in [4.78, 5) is 23.2. The Kier molecular flexibility index (Phi) is 4.70. The smallest absolute Gasteiger partial charge is 0.280 e. The molecule has 0 bridgehead atoms. The van der Waals surface area contributed by atoms with Crippen molar-refractivity contribution < 1.29 is 9.72 Å². The number of halogens is 1. The van der Waals surface area contributed by atoms with E-state index >= 15 is 0 Å². The van der Waals surface area contributed by atoms with Crippen LogP contribution in [-0.2, 0) is 6.54 Å². The summed E-state index contributed by atoms with van der Waals surface area (Å²) in [7, 11) is 1.87. The Morgan fingerprint density at radius 1 is 1.29 bits per heavy atom. The van der Waals surface area contributed by atoms with Crippen molar-refractivity contribution in [3.63, 3.8) is 0 Å². The van der Waals surface area contributed by atoms with E-state index in [1.807, 2.05) is 36.2 Å². The molecule has 2 aromatic rings. The third-order valence-electron chi connectivity index (χ3n) is 3.14. The van der Waals surface area contributed by atoms with E-state index in [0.29, 0.717) is 12.8 Å². The summed E-state index contributed by atoms with van der Waals surface area (Å²) in [5.74, 6) is 0. The highest BCUT2D eigenvalue weighted by Gasteiger charge is 2.15. The molecule has 108 valence electrons. The predicted octanol–water partition coefficient (Wildman–Crippen LogP) is 3.81. The molecule has 0 amide bonds. The number of aldehydes is 1. The third-order valence-corrected chi connectivity index (χ3v) is 3.91. The number of nitro groups is 1. The van der Waals surface area contributed by atoms with Crippen molar-refractivity contribution in [2.24, 2.45) is 0 Å². The number of carbonyl (C=O) groups excluding carboxylic acids is 1. The molecule has 21 heavy (non-hydrogen) atoms. The molecule has 6 heteroatoms. The van der Waals surface area contributed by atoms with Crippen LogP contribution in [0.15, 0.2) is 46.9 Å². The van der Waals surface area contributed by atoms with E-state index in [9.17, 15) is 14.9 Å². The summed E-state index contributed by atoms with van der Waals surface area (Å²) < 4.78 is 0.995. The molecule has 0 spiro atoms. The minimum Gasteiger partial charge on any atom is -0.370 e. The maximum absolute atomic E-state index is 11.0. The first-order valence-electron chi connectivity index (χ1n) is 6.21. The fraction of sp³-hybridized carbons (Fsp3) is 0.133. The summed E-state index contributed by atoms with van der Waals surface area (Å²) in [5, 5.41) is 10.8. The van der Waals surface area contributed by atoms with Crippen LogP contribution in [0.25, 0.3) is 0 Å². The molecular weight excluding hydrogens is 336 g/mol. The van der Waals surface area contributed by atoms with E-state index in [4.69, 9.17) is 0 Å². The highest BCUT2D eigenvalue weighted by Crippen LogP contribution is 2.25. The summed E-state index contributed by atoms with van der Waals surface area (Å²) in [6.45, 7) is 0.623. The minimum absolute atomic E-state index is 0.0801. The Labute approximate surface area is 130 Å². The van der Waals surface area contributed by atoms with Crippen LogP contribution in [0.1, 0.15) is 15.9 Å². The van der Waals surface area contributed by atoms with Crippen molar-refractivity contribution in [2.75, 3.05) is 11.9 Å². The molecule has 0 aromatic heterocycles. The summed E-state index contributed by atoms with van der Waals surface area (Å²) in [5.41, 5.74) is 1.74. The average Bonchev–Trinajstić information content (AvgIpc) is 2.48. The van der Waals surface area contributed by atoms with Gasteiger partial charge in [0.1, 0.15) is 0 Å². The van der Waals surface area contributed by atoms with E-state index < -0.39 is 4.92 Å². The molecule has 5 nitrogen and oxygen atoms in total. The molecule has 0 fully saturated rings. The largest absolute Gasteiger partial charge is 0.370 e. The Hall–Kier alpha value is -2.21. The second-order valence-corrected chi connectivity index (χ2v) is 5.42. The molecule has 2 rings (SSSR count).